The van der Waals surface area contributed by atoms with Gasteiger partial charge in [0.25, 0.3) is 5.91 Å². The summed E-state index contributed by atoms with van der Waals surface area (Å²) >= 11 is 0. The van der Waals surface area contributed by atoms with Gasteiger partial charge in [-0.05, 0) is 31.0 Å². The number of carbonyl (C=O) groups excluding carboxylic acids is 1. The molecule has 0 spiro atoms. The van der Waals surface area contributed by atoms with Gasteiger partial charge >= 0.3 is 5.97 Å². The van der Waals surface area contributed by atoms with Gasteiger partial charge in [-0.25, -0.2) is 0 Å². The number of rotatable bonds is 3. The number of hydrogen-bond acceptors (Lipinski definition) is 3. The maximum atomic E-state index is 12.3. The molecule has 1 N–H and O–H groups in total. The van der Waals surface area contributed by atoms with Gasteiger partial charge in [0.15, 0.2) is 0 Å². The zero-order valence-electron chi connectivity index (χ0n) is 11.3. The number of carbonyl (C=O) groups is 2. The Morgan fingerprint density at radius 1 is 1.40 bits per heavy atom. The molecule has 1 saturated heterocycles. The van der Waals surface area contributed by atoms with Crippen molar-refractivity contribution in [1.29, 1.82) is 5.26 Å². The maximum Gasteiger partial charge on any atom is 0.311 e. The molecule has 0 aromatic heterocycles. The molecule has 2 rings (SSSR count). The highest BCUT2D eigenvalue weighted by Gasteiger charge is 2.42. The fraction of sp³-hybridized carbons (Fsp3) is 0.400. The minimum atomic E-state index is -0.864. The highest BCUT2D eigenvalue weighted by Crippen LogP contribution is 2.31. The molecule has 1 aliphatic heterocycles. The fourth-order valence-corrected chi connectivity index (χ4v) is 2.35. The van der Waals surface area contributed by atoms with Crippen LogP contribution in [0.2, 0.25) is 0 Å². The Hall–Kier alpha value is -2.35. The quantitative estimate of drug-likeness (QED) is 0.907. The topological polar surface area (TPSA) is 81.4 Å². The molecular formula is C15H16N2O3. The summed E-state index contributed by atoms with van der Waals surface area (Å²) in [6.45, 7) is 2.36. The first-order valence-corrected chi connectivity index (χ1v) is 6.45. The molecule has 20 heavy (non-hydrogen) atoms. The molecule has 5 nitrogen and oxygen atoms in total. The number of hydrogen-bond donors (Lipinski definition) is 1. The summed E-state index contributed by atoms with van der Waals surface area (Å²) in [5.41, 5.74) is 0.540. The maximum absolute atomic E-state index is 12.3. The van der Waals surface area contributed by atoms with Crippen LogP contribution in [0.1, 0.15) is 29.3 Å². The molecule has 1 aromatic rings. The molecule has 1 aromatic carbocycles. The number of amides is 1. The predicted octanol–water partition coefficient (Wildman–Crippen LogP) is 1.69. The lowest BCUT2D eigenvalue weighted by Gasteiger charge is -2.20. The summed E-state index contributed by atoms with van der Waals surface area (Å²) < 4.78 is 0. The average molecular weight is 272 g/mol. The zero-order valence-corrected chi connectivity index (χ0v) is 11.3. The van der Waals surface area contributed by atoms with Crippen LogP contribution in [-0.4, -0.2) is 35.0 Å². The van der Waals surface area contributed by atoms with E-state index in [1.807, 2.05) is 0 Å². The summed E-state index contributed by atoms with van der Waals surface area (Å²) in [5, 5.41) is 17.8. The van der Waals surface area contributed by atoms with Crippen LogP contribution in [0, 0.1) is 16.7 Å². The highest BCUT2D eigenvalue weighted by molar-refractivity contribution is 5.95. The van der Waals surface area contributed by atoms with Crippen molar-refractivity contribution >= 4 is 11.9 Å². The number of aliphatic carboxylic acids is 1. The molecule has 1 atom stereocenters. The van der Waals surface area contributed by atoms with E-state index >= 15 is 0 Å². The first-order chi connectivity index (χ1) is 9.46. The van der Waals surface area contributed by atoms with Crippen LogP contribution in [0.15, 0.2) is 24.3 Å². The van der Waals surface area contributed by atoms with Crippen LogP contribution in [-0.2, 0) is 11.2 Å². The summed E-state index contributed by atoms with van der Waals surface area (Å²) in [6.07, 6.45) is 0.788. The van der Waals surface area contributed by atoms with Crippen molar-refractivity contribution < 1.29 is 14.7 Å². The molecule has 1 unspecified atom stereocenters. The van der Waals surface area contributed by atoms with Crippen LogP contribution >= 0.6 is 0 Å². The molecule has 5 heteroatoms. The second-order valence-electron chi connectivity index (χ2n) is 5.37. The predicted molar refractivity (Wildman–Crippen MR) is 72.0 cm³/mol. The van der Waals surface area contributed by atoms with Gasteiger partial charge in [0.1, 0.15) is 0 Å². The first kappa shape index (κ1) is 14.1. The molecule has 0 saturated carbocycles. The van der Waals surface area contributed by atoms with Crippen molar-refractivity contribution in [2.75, 3.05) is 13.1 Å². The van der Waals surface area contributed by atoms with Crippen LogP contribution in [0.25, 0.3) is 0 Å². The van der Waals surface area contributed by atoms with Crippen molar-refractivity contribution in [2.24, 2.45) is 5.41 Å². The molecular weight excluding hydrogens is 256 g/mol. The Morgan fingerprint density at radius 3 is 2.55 bits per heavy atom. The second-order valence-corrected chi connectivity index (χ2v) is 5.37. The van der Waals surface area contributed by atoms with E-state index in [1.54, 1.807) is 36.1 Å². The van der Waals surface area contributed by atoms with Gasteiger partial charge in [0.2, 0.25) is 0 Å². The zero-order chi connectivity index (χ0) is 14.8. The third-order valence-corrected chi connectivity index (χ3v) is 3.76. The second kappa shape index (κ2) is 5.33. The molecule has 0 radical (unpaired) electrons. The van der Waals surface area contributed by atoms with Gasteiger partial charge < -0.3 is 10.0 Å². The smallest absolute Gasteiger partial charge is 0.311 e. The SMILES string of the molecule is CC1(C(=O)O)CCN(C(=O)c2ccc(CC#N)cc2)C1. The van der Waals surface area contributed by atoms with E-state index in [1.165, 1.54) is 0 Å². The Balaban J connectivity index is 2.09. The molecule has 1 aliphatic rings. The van der Waals surface area contributed by atoms with Gasteiger partial charge in [-0.2, -0.15) is 5.26 Å². The highest BCUT2D eigenvalue weighted by atomic mass is 16.4. The van der Waals surface area contributed by atoms with Gasteiger partial charge in [-0.15, -0.1) is 0 Å². The van der Waals surface area contributed by atoms with E-state index in [-0.39, 0.29) is 12.5 Å². The number of carboxylic acids is 1. The molecule has 1 amide bonds. The van der Waals surface area contributed by atoms with E-state index in [2.05, 4.69) is 6.07 Å². The van der Waals surface area contributed by atoms with Crippen molar-refractivity contribution in [3.05, 3.63) is 35.4 Å². The summed E-state index contributed by atoms with van der Waals surface area (Å²) in [4.78, 5) is 25.0. The Morgan fingerprint density at radius 2 is 2.05 bits per heavy atom. The van der Waals surface area contributed by atoms with E-state index in [4.69, 9.17) is 10.4 Å². The lowest BCUT2D eigenvalue weighted by atomic mass is 9.90. The van der Waals surface area contributed by atoms with Crippen LogP contribution < -0.4 is 0 Å². The Kier molecular flexibility index (Phi) is 3.75. The normalized spacial score (nSPS) is 21.5. The summed E-state index contributed by atoms with van der Waals surface area (Å²) in [7, 11) is 0. The van der Waals surface area contributed by atoms with Crippen molar-refractivity contribution in [3.63, 3.8) is 0 Å². The number of carboxylic acid groups (broad SMARTS) is 1. The molecule has 0 bridgehead atoms. The average Bonchev–Trinajstić information content (AvgIpc) is 2.83. The standard InChI is InChI=1S/C15H16N2O3/c1-15(14(19)20)7-9-17(10-15)13(18)12-4-2-11(3-5-12)6-8-16/h2-5H,6-7,9-10H2,1H3,(H,19,20). The first-order valence-electron chi connectivity index (χ1n) is 6.45. The lowest BCUT2D eigenvalue weighted by molar-refractivity contribution is -0.147. The van der Waals surface area contributed by atoms with Crippen molar-refractivity contribution in [3.8, 4) is 6.07 Å². The van der Waals surface area contributed by atoms with Crippen LogP contribution in [0.5, 0.6) is 0 Å². The molecule has 1 heterocycles. The largest absolute Gasteiger partial charge is 0.481 e. The van der Waals surface area contributed by atoms with E-state index in [9.17, 15) is 9.59 Å². The summed E-state index contributed by atoms with van der Waals surface area (Å²) in [5.74, 6) is -1.02. The minimum absolute atomic E-state index is 0.154. The number of likely N-dealkylation sites (tertiary alicyclic amines) is 1. The van der Waals surface area contributed by atoms with Gasteiger partial charge in [-0.3, -0.25) is 9.59 Å². The molecule has 104 valence electrons. The molecule has 0 aliphatic carbocycles. The van der Waals surface area contributed by atoms with Crippen LogP contribution in [0.4, 0.5) is 0 Å². The Bertz CT molecular complexity index is 574. The van der Waals surface area contributed by atoms with E-state index in [0.29, 0.717) is 24.9 Å². The summed E-state index contributed by atoms with van der Waals surface area (Å²) in [6, 6.07) is 8.93. The molecule has 1 fully saturated rings. The van der Waals surface area contributed by atoms with Crippen molar-refractivity contribution in [2.45, 2.75) is 19.8 Å². The third-order valence-electron chi connectivity index (χ3n) is 3.76. The van der Waals surface area contributed by atoms with Gasteiger partial charge in [0, 0.05) is 18.7 Å². The van der Waals surface area contributed by atoms with E-state index < -0.39 is 11.4 Å². The number of benzene rings is 1. The minimum Gasteiger partial charge on any atom is -0.481 e. The van der Waals surface area contributed by atoms with Crippen molar-refractivity contribution in [1.82, 2.24) is 4.90 Å². The fourth-order valence-electron chi connectivity index (χ4n) is 2.35. The lowest BCUT2D eigenvalue weighted by Crippen LogP contribution is -2.34. The monoisotopic (exact) mass is 272 g/mol. The van der Waals surface area contributed by atoms with Gasteiger partial charge in [0.05, 0.1) is 17.9 Å². The van der Waals surface area contributed by atoms with E-state index in [0.717, 1.165) is 5.56 Å². The Labute approximate surface area is 117 Å². The van der Waals surface area contributed by atoms with Gasteiger partial charge in [-0.1, -0.05) is 12.1 Å². The number of nitriles is 1. The third kappa shape index (κ3) is 2.64. The number of nitrogens with zero attached hydrogens (tertiary/aromatic N) is 2. The van der Waals surface area contributed by atoms with Crippen LogP contribution in [0.3, 0.4) is 0 Å².